The van der Waals surface area contributed by atoms with E-state index in [1.807, 2.05) is 13.0 Å². The van der Waals surface area contributed by atoms with Gasteiger partial charge in [0.25, 0.3) is 0 Å². The van der Waals surface area contributed by atoms with Crippen LogP contribution in [-0.2, 0) is 14.8 Å². The highest BCUT2D eigenvalue weighted by atomic mass is 32.2. The van der Waals surface area contributed by atoms with Crippen molar-refractivity contribution in [2.75, 3.05) is 21.6 Å². The lowest BCUT2D eigenvalue weighted by Gasteiger charge is -2.28. The molecule has 0 aliphatic heterocycles. The first-order valence-corrected chi connectivity index (χ1v) is 11.7. The number of anilines is 2. The van der Waals surface area contributed by atoms with Crippen LogP contribution in [0.25, 0.3) is 0 Å². The van der Waals surface area contributed by atoms with Crippen LogP contribution in [0.4, 0.5) is 10.8 Å². The number of nitrogens with zero attached hydrogens (tertiary/aromatic N) is 3. The van der Waals surface area contributed by atoms with Gasteiger partial charge in [0, 0.05) is 5.75 Å². The molecule has 0 spiro atoms. The molecule has 0 aliphatic rings. The van der Waals surface area contributed by atoms with Gasteiger partial charge >= 0.3 is 0 Å². The minimum Gasteiger partial charge on any atom is -0.299 e. The molecule has 0 radical (unpaired) electrons. The normalized spacial score (nSPS) is 12.6. The molecule has 2 rings (SSSR count). The zero-order valence-electron chi connectivity index (χ0n) is 15.1. The standard InChI is InChI=1S/C16H22N4O3S3/c1-5-9-24-16-19-18-15(25-16)17-14(21)12(3)20(26(4,22)23)13-8-6-7-11(2)10-13/h6-8,10,12H,5,9H2,1-4H3,(H,17,18,21)/t12-/m0/s1. The van der Waals surface area contributed by atoms with Gasteiger partial charge in [-0.2, -0.15) is 0 Å². The molecule has 1 heterocycles. The Labute approximate surface area is 162 Å². The molecule has 2 aromatic rings. The average Bonchev–Trinajstić information content (AvgIpc) is 2.99. The maximum atomic E-state index is 12.6. The summed E-state index contributed by atoms with van der Waals surface area (Å²) in [5.41, 5.74) is 1.36. The van der Waals surface area contributed by atoms with Gasteiger partial charge in [0.05, 0.1) is 11.9 Å². The van der Waals surface area contributed by atoms with Crippen LogP contribution in [-0.4, -0.2) is 42.6 Å². The maximum absolute atomic E-state index is 12.6. The predicted octanol–water partition coefficient (Wildman–Crippen LogP) is 3.14. The second-order valence-electron chi connectivity index (χ2n) is 5.78. The lowest BCUT2D eigenvalue weighted by Crippen LogP contribution is -2.45. The quantitative estimate of drug-likeness (QED) is 0.527. The Morgan fingerprint density at radius 3 is 2.73 bits per heavy atom. The van der Waals surface area contributed by atoms with E-state index in [1.165, 1.54) is 11.3 Å². The molecule has 0 saturated carbocycles. The van der Waals surface area contributed by atoms with Gasteiger partial charge < -0.3 is 0 Å². The molecule has 26 heavy (non-hydrogen) atoms. The highest BCUT2D eigenvalue weighted by Crippen LogP contribution is 2.27. The molecule has 7 nitrogen and oxygen atoms in total. The zero-order chi connectivity index (χ0) is 19.3. The number of benzene rings is 1. The molecule has 0 saturated heterocycles. The summed E-state index contributed by atoms with van der Waals surface area (Å²) < 4.78 is 26.4. The van der Waals surface area contributed by atoms with E-state index in [1.54, 1.807) is 36.9 Å². The molecule has 0 unspecified atom stereocenters. The number of sulfonamides is 1. The van der Waals surface area contributed by atoms with E-state index in [9.17, 15) is 13.2 Å². The molecule has 1 aromatic heterocycles. The molecular formula is C16H22N4O3S3. The minimum atomic E-state index is -3.64. The van der Waals surface area contributed by atoms with E-state index in [4.69, 9.17) is 0 Å². The van der Waals surface area contributed by atoms with Crippen LogP contribution in [0.15, 0.2) is 28.6 Å². The number of thioether (sulfide) groups is 1. The second kappa shape index (κ2) is 8.83. The molecule has 0 aliphatic carbocycles. The largest absolute Gasteiger partial charge is 0.299 e. The highest BCUT2D eigenvalue weighted by molar-refractivity contribution is 8.01. The third-order valence-corrected chi connectivity index (χ3v) is 6.83. The lowest BCUT2D eigenvalue weighted by atomic mass is 10.2. The van der Waals surface area contributed by atoms with Crippen molar-refractivity contribution < 1.29 is 13.2 Å². The van der Waals surface area contributed by atoms with E-state index in [2.05, 4.69) is 22.4 Å². The van der Waals surface area contributed by atoms with Crippen LogP contribution < -0.4 is 9.62 Å². The average molecular weight is 415 g/mol. The van der Waals surface area contributed by atoms with Crippen molar-refractivity contribution >= 4 is 49.8 Å². The second-order valence-corrected chi connectivity index (χ2v) is 9.96. The van der Waals surface area contributed by atoms with Crippen LogP contribution in [0, 0.1) is 6.92 Å². The van der Waals surface area contributed by atoms with Crippen molar-refractivity contribution in [1.29, 1.82) is 0 Å². The van der Waals surface area contributed by atoms with Crippen molar-refractivity contribution in [3.8, 4) is 0 Å². The van der Waals surface area contributed by atoms with Gasteiger partial charge in [-0.05, 0) is 38.0 Å². The van der Waals surface area contributed by atoms with Gasteiger partial charge in [0.2, 0.25) is 21.1 Å². The monoisotopic (exact) mass is 414 g/mol. The minimum absolute atomic E-state index is 0.359. The van der Waals surface area contributed by atoms with Gasteiger partial charge in [-0.25, -0.2) is 8.42 Å². The number of hydrogen-bond acceptors (Lipinski definition) is 7. The van der Waals surface area contributed by atoms with Crippen molar-refractivity contribution in [2.45, 2.75) is 37.6 Å². The third kappa shape index (κ3) is 5.42. The fourth-order valence-corrected chi connectivity index (χ4v) is 5.14. The molecule has 0 bridgehead atoms. The van der Waals surface area contributed by atoms with E-state index in [-0.39, 0.29) is 0 Å². The zero-order valence-corrected chi connectivity index (χ0v) is 17.5. The van der Waals surface area contributed by atoms with Crippen LogP contribution >= 0.6 is 23.1 Å². The number of amides is 1. The molecule has 142 valence electrons. The molecule has 1 amide bonds. The summed E-state index contributed by atoms with van der Waals surface area (Å²) in [7, 11) is -3.64. The molecular weight excluding hydrogens is 392 g/mol. The van der Waals surface area contributed by atoms with Crippen molar-refractivity contribution in [1.82, 2.24) is 10.2 Å². The number of hydrogen-bond donors (Lipinski definition) is 1. The summed E-state index contributed by atoms with van der Waals surface area (Å²) in [6.45, 7) is 5.49. The Morgan fingerprint density at radius 1 is 1.38 bits per heavy atom. The van der Waals surface area contributed by atoms with Crippen molar-refractivity contribution in [2.24, 2.45) is 0 Å². The summed E-state index contributed by atoms with van der Waals surface area (Å²) in [6.07, 6.45) is 2.10. The highest BCUT2D eigenvalue weighted by Gasteiger charge is 2.29. The third-order valence-electron chi connectivity index (χ3n) is 3.41. The summed E-state index contributed by atoms with van der Waals surface area (Å²) in [4.78, 5) is 12.6. The SMILES string of the molecule is CCCSc1nnc(NC(=O)[C@H](C)N(c2cccc(C)c2)S(C)(=O)=O)s1. The van der Waals surface area contributed by atoms with Crippen molar-refractivity contribution in [3.63, 3.8) is 0 Å². The number of rotatable bonds is 8. The Hall–Kier alpha value is -1.65. The summed E-state index contributed by atoms with van der Waals surface area (Å²) in [5, 5.41) is 11.0. The number of nitrogens with one attached hydrogen (secondary N) is 1. The van der Waals surface area contributed by atoms with Gasteiger partial charge in [0.1, 0.15) is 6.04 Å². The topological polar surface area (TPSA) is 92.3 Å². The van der Waals surface area contributed by atoms with Crippen LogP contribution in [0.1, 0.15) is 25.8 Å². The number of aromatic nitrogens is 2. The van der Waals surface area contributed by atoms with Gasteiger partial charge in [-0.15, -0.1) is 10.2 Å². The molecule has 1 N–H and O–H groups in total. The first-order chi connectivity index (χ1) is 12.2. The maximum Gasteiger partial charge on any atom is 0.249 e. The van der Waals surface area contributed by atoms with Gasteiger partial charge in [0.15, 0.2) is 4.34 Å². The Balaban J connectivity index is 2.19. The Morgan fingerprint density at radius 2 is 2.12 bits per heavy atom. The van der Waals surface area contributed by atoms with Crippen LogP contribution in [0.2, 0.25) is 0 Å². The van der Waals surface area contributed by atoms with E-state index in [0.717, 1.165) is 32.6 Å². The van der Waals surface area contributed by atoms with Crippen LogP contribution in [0.5, 0.6) is 0 Å². The summed E-state index contributed by atoms with van der Waals surface area (Å²) in [6, 6.07) is 6.10. The smallest absolute Gasteiger partial charge is 0.249 e. The van der Waals surface area contributed by atoms with E-state index >= 15 is 0 Å². The Bertz CT molecular complexity index is 867. The van der Waals surface area contributed by atoms with Gasteiger partial charge in [-0.1, -0.05) is 42.2 Å². The Kier molecular flexibility index (Phi) is 7.01. The van der Waals surface area contributed by atoms with Crippen molar-refractivity contribution in [3.05, 3.63) is 29.8 Å². The van der Waals surface area contributed by atoms with E-state index in [0.29, 0.717) is 10.8 Å². The molecule has 1 atom stereocenters. The van der Waals surface area contributed by atoms with E-state index < -0.39 is 22.0 Å². The number of carbonyl (C=O) groups excluding carboxylic acids is 1. The number of aryl methyl sites for hydroxylation is 1. The fraction of sp³-hybridized carbons (Fsp3) is 0.438. The van der Waals surface area contributed by atoms with Gasteiger partial charge in [-0.3, -0.25) is 14.4 Å². The molecule has 1 aromatic carbocycles. The number of carbonyl (C=O) groups is 1. The predicted molar refractivity (Wildman–Crippen MR) is 108 cm³/mol. The summed E-state index contributed by atoms with van der Waals surface area (Å²) >= 11 is 2.85. The first-order valence-electron chi connectivity index (χ1n) is 8.05. The summed E-state index contributed by atoms with van der Waals surface area (Å²) in [5.74, 6) is 0.467. The molecule has 0 fully saturated rings. The molecule has 10 heteroatoms. The van der Waals surface area contributed by atoms with Crippen LogP contribution in [0.3, 0.4) is 0 Å². The fourth-order valence-electron chi connectivity index (χ4n) is 2.29. The lowest BCUT2D eigenvalue weighted by molar-refractivity contribution is -0.116. The first kappa shape index (κ1) is 20.7.